The summed E-state index contributed by atoms with van der Waals surface area (Å²) < 4.78 is 11.5. The normalized spacial score (nSPS) is 20.5. The molecule has 0 aromatic heterocycles. The van der Waals surface area contributed by atoms with Crippen LogP contribution in [0.5, 0.6) is 11.5 Å². The molecule has 0 spiro atoms. The van der Waals surface area contributed by atoms with E-state index in [9.17, 15) is 5.11 Å². The van der Waals surface area contributed by atoms with E-state index in [4.69, 9.17) is 9.47 Å². The zero-order chi connectivity index (χ0) is 10.6. The maximum atomic E-state index is 10.2. The molecule has 0 bridgehead atoms. The topological polar surface area (TPSA) is 38.7 Å². The SMILES string of the molecule is Cc1cc2c(c(Br)c1C1(O)CC1)OCO2. The smallest absolute Gasteiger partial charge is 0.231 e. The number of benzene rings is 1. The van der Waals surface area contributed by atoms with E-state index in [1.165, 1.54) is 0 Å². The number of aliphatic hydroxyl groups is 1. The van der Waals surface area contributed by atoms with E-state index in [0.29, 0.717) is 0 Å². The Morgan fingerprint density at radius 3 is 2.80 bits per heavy atom. The van der Waals surface area contributed by atoms with Crippen LogP contribution in [0.4, 0.5) is 0 Å². The summed E-state index contributed by atoms with van der Waals surface area (Å²) in [5.41, 5.74) is 1.35. The third-order valence-corrected chi connectivity index (χ3v) is 3.75. The number of rotatable bonds is 1. The average Bonchev–Trinajstić information content (AvgIpc) is 2.75. The van der Waals surface area contributed by atoms with Crippen LogP contribution in [-0.2, 0) is 5.60 Å². The standard InChI is InChI=1S/C11H11BrO3/c1-6-4-7-10(15-5-14-7)9(12)8(6)11(13)2-3-11/h4,13H,2-3,5H2,1H3. The molecule has 0 saturated heterocycles. The lowest BCUT2D eigenvalue weighted by Gasteiger charge is -2.15. The predicted molar refractivity (Wildman–Crippen MR) is 58.1 cm³/mol. The minimum Gasteiger partial charge on any atom is -0.454 e. The number of ether oxygens (including phenoxy) is 2. The van der Waals surface area contributed by atoms with Gasteiger partial charge in [0.15, 0.2) is 11.5 Å². The molecule has 4 heteroatoms. The van der Waals surface area contributed by atoms with Crippen molar-refractivity contribution in [1.29, 1.82) is 0 Å². The fraction of sp³-hybridized carbons (Fsp3) is 0.455. The highest BCUT2D eigenvalue weighted by Gasteiger charge is 2.45. The molecule has 0 atom stereocenters. The first kappa shape index (κ1) is 9.48. The second kappa shape index (κ2) is 2.89. The number of hydrogen-bond acceptors (Lipinski definition) is 3. The van der Waals surface area contributed by atoms with Crippen molar-refractivity contribution in [3.63, 3.8) is 0 Å². The molecule has 1 N–H and O–H groups in total. The van der Waals surface area contributed by atoms with Crippen LogP contribution >= 0.6 is 15.9 Å². The highest BCUT2D eigenvalue weighted by Crippen LogP contribution is 2.54. The first-order valence-corrected chi connectivity index (χ1v) is 5.73. The zero-order valence-corrected chi connectivity index (χ0v) is 9.93. The molecular formula is C11H11BrO3. The van der Waals surface area contributed by atoms with Crippen LogP contribution in [0.25, 0.3) is 0 Å². The summed E-state index contributed by atoms with van der Waals surface area (Å²) in [4.78, 5) is 0. The molecule has 1 heterocycles. The summed E-state index contributed by atoms with van der Waals surface area (Å²) in [7, 11) is 0. The number of aryl methyl sites for hydroxylation is 1. The van der Waals surface area contributed by atoms with Crippen molar-refractivity contribution in [3.8, 4) is 11.5 Å². The van der Waals surface area contributed by atoms with Gasteiger partial charge >= 0.3 is 0 Å². The molecule has 1 aromatic carbocycles. The third-order valence-electron chi connectivity index (χ3n) is 2.99. The van der Waals surface area contributed by atoms with Crippen LogP contribution in [-0.4, -0.2) is 11.9 Å². The minimum absolute atomic E-state index is 0.259. The van der Waals surface area contributed by atoms with Gasteiger partial charge in [0.2, 0.25) is 6.79 Å². The fourth-order valence-electron chi connectivity index (χ4n) is 2.06. The molecule has 1 saturated carbocycles. The van der Waals surface area contributed by atoms with Gasteiger partial charge in [-0.15, -0.1) is 0 Å². The summed E-state index contributed by atoms with van der Waals surface area (Å²) >= 11 is 3.49. The van der Waals surface area contributed by atoms with Crippen LogP contribution in [0.3, 0.4) is 0 Å². The zero-order valence-electron chi connectivity index (χ0n) is 8.34. The van der Waals surface area contributed by atoms with E-state index in [0.717, 1.165) is 39.9 Å². The van der Waals surface area contributed by atoms with E-state index in [-0.39, 0.29) is 6.79 Å². The molecule has 3 nitrogen and oxygen atoms in total. The maximum Gasteiger partial charge on any atom is 0.231 e. The monoisotopic (exact) mass is 270 g/mol. The van der Waals surface area contributed by atoms with E-state index < -0.39 is 5.60 Å². The van der Waals surface area contributed by atoms with Gasteiger partial charge in [0, 0.05) is 5.56 Å². The third kappa shape index (κ3) is 1.28. The van der Waals surface area contributed by atoms with Crippen LogP contribution in [0.15, 0.2) is 10.5 Å². The molecule has 1 aromatic rings. The largest absolute Gasteiger partial charge is 0.454 e. The lowest BCUT2D eigenvalue weighted by atomic mass is 10.0. The average molecular weight is 271 g/mol. The van der Waals surface area contributed by atoms with Gasteiger partial charge in [-0.1, -0.05) is 0 Å². The molecule has 15 heavy (non-hydrogen) atoms. The second-order valence-electron chi connectivity index (χ2n) is 4.15. The first-order chi connectivity index (χ1) is 7.12. The van der Waals surface area contributed by atoms with E-state index in [2.05, 4.69) is 15.9 Å². The van der Waals surface area contributed by atoms with Crippen molar-refractivity contribution >= 4 is 15.9 Å². The van der Waals surface area contributed by atoms with Crippen molar-refractivity contribution in [1.82, 2.24) is 0 Å². The Kier molecular flexibility index (Phi) is 1.83. The molecule has 1 aliphatic carbocycles. The Morgan fingerprint density at radius 1 is 1.40 bits per heavy atom. The van der Waals surface area contributed by atoms with E-state index in [1.807, 2.05) is 13.0 Å². The van der Waals surface area contributed by atoms with Crippen LogP contribution < -0.4 is 9.47 Å². The molecule has 2 aliphatic rings. The van der Waals surface area contributed by atoms with Crippen molar-refractivity contribution in [3.05, 3.63) is 21.7 Å². The molecule has 0 radical (unpaired) electrons. The Morgan fingerprint density at radius 2 is 2.13 bits per heavy atom. The van der Waals surface area contributed by atoms with Gasteiger partial charge in [-0.25, -0.2) is 0 Å². The molecule has 3 rings (SSSR count). The van der Waals surface area contributed by atoms with Gasteiger partial charge in [0.25, 0.3) is 0 Å². The Hall–Kier alpha value is -0.740. The Bertz CT molecular complexity index is 438. The van der Waals surface area contributed by atoms with Gasteiger partial charge in [-0.05, 0) is 47.3 Å². The molecule has 80 valence electrons. The highest BCUT2D eigenvalue weighted by atomic mass is 79.9. The van der Waals surface area contributed by atoms with Crippen LogP contribution in [0.1, 0.15) is 24.0 Å². The molecule has 1 aliphatic heterocycles. The molecule has 0 unspecified atom stereocenters. The number of halogens is 1. The van der Waals surface area contributed by atoms with Gasteiger partial charge < -0.3 is 14.6 Å². The second-order valence-corrected chi connectivity index (χ2v) is 4.94. The summed E-state index contributed by atoms with van der Waals surface area (Å²) in [6, 6.07) is 1.93. The van der Waals surface area contributed by atoms with Crippen LogP contribution in [0, 0.1) is 6.92 Å². The van der Waals surface area contributed by atoms with Gasteiger partial charge in [-0.3, -0.25) is 0 Å². The van der Waals surface area contributed by atoms with Crippen molar-refractivity contribution in [2.24, 2.45) is 0 Å². The van der Waals surface area contributed by atoms with Crippen molar-refractivity contribution < 1.29 is 14.6 Å². The highest BCUT2D eigenvalue weighted by molar-refractivity contribution is 9.10. The Balaban J connectivity index is 2.22. The molecule has 0 amide bonds. The van der Waals surface area contributed by atoms with Crippen molar-refractivity contribution in [2.45, 2.75) is 25.4 Å². The number of fused-ring (bicyclic) bond motifs is 1. The maximum absolute atomic E-state index is 10.2. The molecular weight excluding hydrogens is 260 g/mol. The molecule has 1 fully saturated rings. The Labute approximate surface area is 96.1 Å². The van der Waals surface area contributed by atoms with Gasteiger partial charge in [-0.2, -0.15) is 0 Å². The fourth-order valence-corrected chi connectivity index (χ4v) is 3.05. The summed E-state index contributed by atoms with van der Waals surface area (Å²) in [5, 5.41) is 10.2. The first-order valence-electron chi connectivity index (χ1n) is 4.93. The quantitative estimate of drug-likeness (QED) is 0.852. The predicted octanol–water partition coefficient (Wildman–Crippen LogP) is 2.47. The summed E-state index contributed by atoms with van der Waals surface area (Å²) in [6.07, 6.45) is 1.65. The lowest BCUT2D eigenvalue weighted by Crippen LogP contribution is -2.08. The minimum atomic E-state index is -0.649. The van der Waals surface area contributed by atoms with Gasteiger partial charge in [0.1, 0.15) is 0 Å². The summed E-state index contributed by atoms with van der Waals surface area (Å²) in [6.45, 7) is 2.24. The van der Waals surface area contributed by atoms with E-state index >= 15 is 0 Å². The van der Waals surface area contributed by atoms with Gasteiger partial charge in [0.05, 0.1) is 10.1 Å². The lowest BCUT2D eigenvalue weighted by molar-refractivity contribution is 0.149. The van der Waals surface area contributed by atoms with Crippen molar-refractivity contribution in [2.75, 3.05) is 6.79 Å². The number of hydrogen-bond donors (Lipinski definition) is 1. The summed E-state index contributed by atoms with van der Waals surface area (Å²) in [5.74, 6) is 1.48. The van der Waals surface area contributed by atoms with Crippen LogP contribution in [0.2, 0.25) is 0 Å². The van der Waals surface area contributed by atoms with E-state index in [1.54, 1.807) is 0 Å².